The molecule has 1 saturated heterocycles. The molecule has 4 aliphatic rings. The number of epoxide rings is 1. The Bertz CT molecular complexity index is 388. The first kappa shape index (κ1) is 12.8. The number of hydrogen-bond donors (Lipinski definition) is 1. The van der Waals surface area contributed by atoms with Gasteiger partial charge in [0.2, 0.25) is 0 Å². The maximum absolute atomic E-state index is 12.3. The van der Waals surface area contributed by atoms with E-state index in [4.69, 9.17) is 14.6 Å². The fraction of sp³-hybridized carbons (Fsp3) is 0.769. The van der Waals surface area contributed by atoms with E-state index in [0.717, 1.165) is 23.7 Å². The van der Waals surface area contributed by atoms with Gasteiger partial charge in [-0.25, -0.2) is 0 Å². The van der Waals surface area contributed by atoms with Gasteiger partial charge in [-0.15, -0.1) is 0 Å². The molecule has 4 rings (SSSR count). The monoisotopic (exact) mass is 316 g/mol. The highest BCUT2D eigenvalue weighted by atomic mass is 79.9. The minimum Gasteiger partial charge on any atom is -0.396 e. The van der Waals surface area contributed by atoms with Crippen molar-refractivity contribution in [3.63, 3.8) is 0 Å². The molecule has 2 fully saturated rings. The predicted octanol–water partition coefficient (Wildman–Crippen LogP) is 1.41. The quantitative estimate of drug-likeness (QED) is 0.615. The Morgan fingerprint density at radius 2 is 2.33 bits per heavy atom. The highest BCUT2D eigenvalue weighted by Crippen LogP contribution is 2.55. The summed E-state index contributed by atoms with van der Waals surface area (Å²) in [6.45, 7) is 1.37. The van der Waals surface area contributed by atoms with E-state index in [1.54, 1.807) is 0 Å². The van der Waals surface area contributed by atoms with Gasteiger partial charge in [-0.2, -0.15) is 0 Å². The summed E-state index contributed by atoms with van der Waals surface area (Å²) in [5, 5.41) is 8.72. The number of carbonyl (C=O) groups excluding carboxylic acids is 1. The summed E-state index contributed by atoms with van der Waals surface area (Å²) in [7, 11) is 0. The molecular formula is C13H17BrO4. The van der Waals surface area contributed by atoms with Crippen molar-refractivity contribution < 1.29 is 19.4 Å². The first-order valence-corrected chi connectivity index (χ1v) is 7.26. The highest BCUT2D eigenvalue weighted by Gasteiger charge is 2.66. The lowest BCUT2D eigenvalue weighted by Gasteiger charge is -2.42. The molecule has 100 valence electrons. The lowest BCUT2D eigenvalue weighted by molar-refractivity contribution is -0.140. The van der Waals surface area contributed by atoms with Gasteiger partial charge in [-0.05, 0) is 23.7 Å². The van der Waals surface area contributed by atoms with E-state index in [2.05, 4.69) is 15.9 Å². The normalized spacial score (nSPS) is 41.3. The molecule has 2 bridgehead atoms. The first-order chi connectivity index (χ1) is 8.69. The van der Waals surface area contributed by atoms with Crippen LogP contribution in [-0.4, -0.2) is 42.4 Å². The van der Waals surface area contributed by atoms with Gasteiger partial charge in [0.1, 0.15) is 0 Å². The third-order valence-corrected chi connectivity index (χ3v) is 4.98. The standard InChI is InChI=1S/C13H17BrO4/c14-10-5-8-11(17-4-2-1-3-15)6-9(10)13(7-18-13)12(8)16/h5,8-9,11,15H,1-4,6-7H2/t8?,9?,11?,13-/m0/s1. The summed E-state index contributed by atoms with van der Waals surface area (Å²) in [6, 6.07) is 0. The molecule has 0 aromatic carbocycles. The van der Waals surface area contributed by atoms with Crippen molar-refractivity contribution in [2.24, 2.45) is 11.8 Å². The van der Waals surface area contributed by atoms with E-state index in [1.807, 2.05) is 6.08 Å². The van der Waals surface area contributed by atoms with Crippen LogP contribution in [0.1, 0.15) is 19.3 Å². The second-order valence-electron chi connectivity index (χ2n) is 5.25. The topological polar surface area (TPSA) is 59.1 Å². The molecule has 1 saturated carbocycles. The number of aliphatic hydroxyl groups is 1. The van der Waals surface area contributed by atoms with E-state index in [1.165, 1.54) is 0 Å². The molecule has 3 aliphatic carbocycles. The molecule has 0 aromatic rings. The van der Waals surface area contributed by atoms with Crippen molar-refractivity contribution in [2.75, 3.05) is 19.8 Å². The van der Waals surface area contributed by atoms with Crippen LogP contribution >= 0.6 is 15.9 Å². The number of carbonyl (C=O) groups is 1. The van der Waals surface area contributed by atoms with Crippen molar-refractivity contribution in [3.05, 3.63) is 10.6 Å². The van der Waals surface area contributed by atoms with E-state index in [-0.39, 0.29) is 30.3 Å². The summed E-state index contributed by atoms with van der Waals surface area (Å²) in [5.41, 5.74) is -0.525. The summed E-state index contributed by atoms with van der Waals surface area (Å²) in [5.74, 6) is 0.160. The number of ketones is 1. The molecule has 0 radical (unpaired) electrons. The average molecular weight is 317 g/mol. The summed E-state index contributed by atoms with van der Waals surface area (Å²) >= 11 is 3.55. The van der Waals surface area contributed by atoms with Crippen molar-refractivity contribution in [2.45, 2.75) is 31.0 Å². The molecule has 3 unspecified atom stereocenters. The zero-order valence-corrected chi connectivity index (χ0v) is 11.7. The minimum atomic E-state index is -0.525. The molecule has 1 aliphatic heterocycles. The number of fused-ring (bicyclic) bond motifs is 1. The molecule has 4 atom stereocenters. The van der Waals surface area contributed by atoms with Gasteiger partial charge in [0.15, 0.2) is 11.4 Å². The van der Waals surface area contributed by atoms with Crippen LogP contribution in [0.25, 0.3) is 0 Å². The summed E-state index contributed by atoms with van der Waals surface area (Å²) in [4.78, 5) is 12.3. The Kier molecular flexibility index (Phi) is 3.34. The second kappa shape index (κ2) is 4.71. The smallest absolute Gasteiger partial charge is 0.177 e. The van der Waals surface area contributed by atoms with Crippen LogP contribution in [-0.2, 0) is 14.3 Å². The largest absolute Gasteiger partial charge is 0.396 e. The number of ether oxygens (including phenoxy) is 2. The Hall–Kier alpha value is -0.230. The second-order valence-corrected chi connectivity index (χ2v) is 6.16. The van der Waals surface area contributed by atoms with Crippen molar-refractivity contribution in [1.82, 2.24) is 0 Å². The zero-order valence-electron chi connectivity index (χ0n) is 10.1. The predicted molar refractivity (Wildman–Crippen MR) is 68.4 cm³/mol. The SMILES string of the molecule is O=C1C2C=C(Br)C(CC2OCCCCO)[C@@]12CO2. The molecular weight excluding hydrogens is 300 g/mol. The third kappa shape index (κ3) is 1.88. The Balaban J connectivity index is 1.65. The average Bonchev–Trinajstić information content (AvgIpc) is 3.14. The Morgan fingerprint density at radius 1 is 1.56 bits per heavy atom. The van der Waals surface area contributed by atoms with Crippen LogP contribution in [0.5, 0.6) is 0 Å². The summed E-state index contributed by atoms with van der Waals surface area (Å²) < 4.78 is 12.3. The molecule has 18 heavy (non-hydrogen) atoms. The van der Waals surface area contributed by atoms with Crippen LogP contribution in [0.4, 0.5) is 0 Å². The van der Waals surface area contributed by atoms with Gasteiger partial charge >= 0.3 is 0 Å². The maximum Gasteiger partial charge on any atom is 0.177 e. The maximum atomic E-state index is 12.3. The summed E-state index contributed by atoms with van der Waals surface area (Å²) in [6.07, 6.45) is 4.41. The van der Waals surface area contributed by atoms with Gasteiger partial charge in [0.05, 0.1) is 18.6 Å². The molecule has 5 heteroatoms. The van der Waals surface area contributed by atoms with Gasteiger partial charge in [-0.1, -0.05) is 22.0 Å². The van der Waals surface area contributed by atoms with Crippen LogP contribution in [0.2, 0.25) is 0 Å². The fourth-order valence-electron chi connectivity index (χ4n) is 3.04. The van der Waals surface area contributed by atoms with E-state index in [9.17, 15) is 4.79 Å². The number of Topliss-reactive ketones (excluding diaryl/α,β-unsaturated/α-hetero) is 1. The van der Waals surface area contributed by atoms with Crippen LogP contribution < -0.4 is 0 Å². The molecule has 1 heterocycles. The van der Waals surface area contributed by atoms with Crippen LogP contribution in [0, 0.1) is 11.8 Å². The minimum absolute atomic E-state index is 0.0164. The Morgan fingerprint density at radius 3 is 3.00 bits per heavy atom. The number of halogens is 1. The van der Waals surface area contributed by atoms with Crippen molar-refractivity contribution in [1.29, 1.82) is 0 Å². The highest BCUT2D eigenvalue weighted by molar-refractivity contribution is 9.11. The number of aliphatic hydroxyl groups excluding tert-OH is 1. The number of unbranched alkanes of at least 4 members (excludes halogenated alkanes) is 1. The third-order valence-electron chi connectivity index (χ3n) is 4.16. The first-order valence-electron chi connectivity index (χ1n) is 6.47. The number of rotatable bonds is 5. The van der Waals surface area contributed by atoms with E-state index in [0.29, 0.717) is 13.2 Å². The molecule has 1 N–H and O–H groups in total. The van der Waals surface area contributed by atoms with Crippen LogP contribution in [0.3, 0.4) is 0 Å². The van der Waals surface area contributed by atoms with Gasteiger partial charge in [0, 0.05) is 19.1 Å². The van der Waals surface area contributed by atoms with E-state index < -0.39 is 5.60 Å². The van der Waals surface area contributed by atoms with Gasteiger partial charge in [0.25, 0.3) is 0 Å². The molecule has 1 spiro atoms. The van der Waals surface area contributed by atoms with Gasteiger partial charge < -0.3 is 14.6 Å². The van der Waals surface area contributed by atoms with Crippen LogP contribution in [0.15, 0.2) is 10.6 Å². The molecule has 0 aromatic heterocycles. The number of hydrogen-bond acceptors (Lipinski definition) is 4. The lowest BCUT2D eigenvalue weighted by Crippen LogP contribution is -2.53. The zero-order chi connectivity index (χ0) is 12.8. The van der Waals surface area contributed by atoms with Crippen molar-refractivity contribution >= 4 is 21.7 Å². The fourth-order valence-corrected chi connectivity index (χ4v) is 3.88. The Labute approximate surface area is 114 Å². The molecule has 4 nitrogen and oxygen atoms in total. The molecule has 0 amide bonds. The van der Waals surface area contributed by atoms with Crippen molar-refractivity contribution in [3.8, 4) is 0 Å². The van der Waals surface area contributed by atoms with Gasteiger partial charge in [-0.3, -0.25) is 4.79 Å². The van der Waals surface area contributed by atoms with E-state index >= 15 is 0 Å². The lowest BCUT2D eigenvalue weighted by atomic mass is 9.66.